The van der Waals surface area contributed by atoms with Crippen LogP contribution in [0.1, 0.15) is 20.8 Å². The first kappa shape index (κ1) is 16.6. The molecule has 2 amide bonds. The maximum atomic E-state index is 12.2. The summed E-state index contributed by atoms with van der Waals surface area (Å²) in [6.07, 6.45) is 0. The first-order chi connectivity index (χ1) is 11.6. The Kier molecular flexibility index (Phi) is 4.92. The molecule has 0 spiro atoms. The number of anilines is 1. The number of carbonyl (C=O) groups excluding carboxylic acids is 1. The van der Waals surface area contributed by atoms with Gasteiger partial charge >= 0.3 is 6.03 Å². The minimum atomic E-state index is 0.0485. The van der Waals surface area contributed by atoms with Crippen molar-refractivity contribution in [1.82, 2.24) is 19.8 Å². The molecule has 6 nitrogen and oxygen atoms in total. The van der Waals surface area contributed by atoms with Gasteiger partial charge in [-0.2, -0.15) is 0 Å². The number of para-hydroxylation sites is 2. The summed E-state index contributed by atoms with van der Waals surface area (Å²) in [6, 6.07) is 8.30. The van der Waals surface area contributed by atoms with E-state index in [-0.39, 0.29) is 6.03 Å². The van der Waals surface area contributed by atoms with Gasteiger partial charge in [-0.25, -0.2) is 9.78 Å². The van der Waals surface area contributed by atoms with Crippen LogP contribution in [0, 0.1) is 5.92 Å². The lowest BCUT2D eigenvalue weighted by atomic mass is 10.2. The standard InChI is InChI=1S/C18H27N5O/c1-4-23-16-8-6-5-7-15(16)20-17(23)21-9-11-22(12-10-21)18(24)19-13-14(2)3/h5-8,14H,4,9-13H2,1-3H3,(H,19,24). The molecule has 24 heavy (non-hydrogen) atoms. The Labute approximate surface area is 143 Å². The highest BCUT2D eigenvalue weighted by Crippen LogP contribution is 2.23. The van der Waals surface area contributed by atoms with Crippen LogP contribution in [-0.4, -0.2) is 53.2 Å². The van der Waals surface area contributed by atoms with Gasteiger partial charge in [0.15, 0.2) is 0 Å². The molecule has 1 aromatic carbocycles. The number of nitrogens with zero attached hydrogens (tertiary/aromatic N) is 4. The first-order valence-corrected chi connectivity index (χ1v) is 8.83. The summed E-state index contributed by atoms with van der Waals surface area (Å²) < 4.78 is 2.25. The molecule has 6 heteroatoms. The Morgan fingerprint density at radius 3 is 2.58 bits per heavy atom. The monoisotopic (exact) mass is 329 g/mol. The van der Waals surface area contributed by atoms with E-state index in [1.165, 1.54) is 5.52 Å². The third-order valence-corrected chi connectivity index (χ3v) is 4.46. The molecule has 3 rings (SSSR count). The topological polar surface area (TPSA) is 53.4 Å². The van der Waals surface area contributed by atoms with E-state index in [1.54, 1.807) is 0 Å². The summed E-state index contributed by atoms with van der Waals surface area (Å²) in [5.41, 5.74) is 2.21. The molecular weight excluding hydrogens is 302 g/mol. The summed E-state index contributed by atoms with van der Waals surface area (Å²) in [5, 5.41) is 3.00. The lowest BCUT2D eigenvalue weighted by molar-refractivity contribution is 0.193. The molecule has 0 aliphatic carbocycles. The van der Waals surface area contributed by atoms with E-state index in [9.17, 15) is 4.79 Å². The Morgan fingerprint density at radius 1 is 1.21 bits per heavy atom. The zero-order chi connectivity index (χ0) is 17.1. The third kappa shape index (κ3) is 3.32. The Balaban J connectivity index is 1.68. The van der Waals surface area contributed by atoms with E-state index in [0.29, 0.717) is 5.92 Å². The molecule has 0 unspecified atom stereocenters. The van der Waals surface area contributed by atoms with E-state index in [4.69, 9.17) is 4.98 Å². The second-order valence-electron chi connectivity index (χ2n) is 6.70. The predicted octanol–water partition coefficient (Wildman–Crippen LogP) is 2.54. The molecular formula is C18H27N5O. The van der Waals surface area contributed by atoms with Gasteiger partial charge in [-0.05, 0) is 25.0 Å². The van der Waals surface area contributed by atoms with Crippen LogP contribution in [0.5, 0.6) is 0 Å². The minimum absolute atomic E-state index is 0.0485. The van der Waals surface area contributed by atoms with Gasteiger partial charge in [0.2, 0.25) is 5.95 Å². The van der Waals surface area contributed by atoms with E-state index in [0.717, 1.165) is 50.7 Å². The number of nitrogens with one attached hydrogen (secondary N) is 1. The van der Waals surface area contributed by atoms with Crippen molar-refractivity contribution in [1.29, 1.82) is 0 Å². The van der Waals surface area contributed by atoms with Crippen LogP contribution in [-0.2, 0) is 6.54 Å². The Morgan fingerprint density at radius 2 is 1.92 bits per heavy atom. The van der Waals surface area contributed by atoms with Crippen molar-refractivity contribution < 1.29 is 4.79 Å². The number of carbonyl (C=O) groups is 1. The smallest absolute Gasteiger partial charge is 0.317 e. The van der Waals surface area contributed by atoms with Gasteiger partial charge in [0, 0.05) is 39.3 Å². The number of fused-ring (bicyclic) bond motifs is 1. The van der Waals surface area contributed by atoms with Gasteiger partial charge in [-0.3, -0.25) is 0 Å². The van der Waals surface area contributed by atoms with E-state index < -0.39 is 0 Å². The van der Waals surface area contributed by atoms with Gasteiger partial charge in [0.25, 0.3) is 0 Å². The van der Waals surface area contributed by atoms with E-state index in [2.05, 4.69) is 53.8 Å². The number of urea groups is 1. The van der Waals surface area contributed by atoms with Crippen molar-refractivity contribution >= 4 is 23.0 Å². The number of aryl methyl sites for hydroxylation is 1. The second-order valence-corrected chi connectivity index (χ2v) is 6.70. The van der Waals surface area contributed by atoms with Gasteiger partial charge in [0.05, 0.1) is 11.0 Å². The average molecular weight is 329 g/mol. The van der Waals surface area contributed by atoms with Crippen LogP contribution < -0.4 is 10.2 Å². The van der Waals surface area contributed by atoms with Crippen molar-refractivity contribution in [3.63, 3.8) is 0 Å². The summed E-state index contributed by atoms with van der Waals surface area (Å²) >= 11 is 0. The number of aromatic nitrogens is 2. The fourth-order valence-corrected chi connectivity index (χ4v) is 3.13. The van der Waals surface area contributed by atoms with Crippen LogP contribution >= 0.6 is 0 Å². The molecule has 1 aliphatic rings. The second kappa shape index (κ2) is 7.11. The number of piperazine rings is 1. The largest absolute Gasteiger partial charge is 0.339 e. The van der Waals surface area contributed by atoms with Crippen LogP contribution in [0.15, 0.2) is 24.3 Å². The van der Waals surface area contributed by atoms with Crippen LogP contribution in [0.25, 0.3) is 11.0 Å². The van der Waals surface area contributed by atoms with Crippen molar-refractivity contribution in [2.24, 2.45) is 5.92 Å². The van der Waals surface area contributed by atoms with Crippen LogP contribution in [0.3, 0.4) is 0 Å². The summed E-state index contributed by atoms with van der Waals surface area (Å²) in [4.78, 5) is 21.2. The Bertz CT molecular complexity index is 700. The predicted molar refractivity (Wildman–Crippen MR) is 97.4 cm³/mol. The van der Waals surface area contributed by atoms with Crippen molar-refractivity contribution in [2.45, 2.75) is 27.3 Å². The number of benzene rings is 1. The molecule has 1 aromatic heterocycles. The molecule has 130 valence electrons. The fraction of sp³-hybridized carbons (Fsp3) is 0.556. The zero-order valence-electron chi connectivity index (χ0n) is 14.8. The van der Waals surface area contributed by atoms with E-state index in [1.807, 2.05) is 11.0 Å². The number of imidazole rings is 1. The molecule has 0 atom stereocenters. The third-order valence-electron chi connectivity index (χ3n) is 4.46. The number of hydrogen-bond donors (Lipinski definition) is 1. The maximum Gasteiger partial charge on any atom is 0.317 e. The lowest BCUT2D eigenvalue weighted by Crippen LogP contribution is -2.52. The number of rotatable bonds is 4. The van der Waals surface area contributed by atoms with E-state index >= 15 is 0 Å². The van der Waals surface area contributed by atoms with Crippen LogP contribution in [0.4, 0.5) is 10.7 Å². The lowest BCUT2D eigenvalue weighted by Gasteiger charge is -2.35. The normalized spacial score (nSPS) is 15.3. The molecule has 1 fully saturated rings. The summed E-state index contributed by atoms with van der Waals surface area (Å²) in [6.45, 7) is 11.1. The Hall–Kier alpha value is -2.24. The average Bonchev–Trinajstić information content (AvgIpc) is 2.98. The minimum Gasteiger partial charge on any atom is -0.339 e. The van der Waals surface area contributed by atoms with Gasteiger partial charge in [-0.15, -0.1) is 0 Å². The quantitative estimate of drug-likeness (QED) is 0.938. The molecule has 2 aromatic rings. The van der Waals surface area contributed by atoms with Crippen molar-refractivity contribution in [3.8, 4) is 0 Å². The summed E-state index contributed by atoms with van der Waals surface area (Å²) in [5.74, 6) is 1.49. The molecule has 2 heterocycles. The van der Waals surface area contributed by atoms with Crippen molar-refractivity contribution in [2.75, 3.05) is 37.6 Å². The molecule has 1 N–H and O–H groups in total. The van der Waals surface area contributed by atoms with Crippen LogP contribution in [0.2, 0.25) is 0 Å². The SMILES string of the molecule is CCn1c(N2CCN(C(=O)NCC(C)C)CC2)nc2ccccc21. The van der Waals surface area contributed by atoms with Gasteiger partial charge < -0.3 is 19.7 Å². The molecule has 0 radical (unpaired) electrons. The fourth-order valence-electron chi connectivity index (χ4n) is 3.13. The molecule has 1 aliphatic heterocycles. The highest BCUT2D eigenvalue weighted by atomic mass is 16.2. The van der Waals surface area contributed by atoms with Gasteiger partial charge in [0.1, 0.15) is 0 Å². The zero-order valence-corrected chi connectivity index (χ0v) is 14.8. The first-order valence-electron chi connectivity index (χ1n) is 8.83. The molecule has 1 saturated heterocycles. The highest BCUT2D eigenvalue weighted by Gasteiger charge is 2.24. The highest BCUT2D eigenvalue weighted by molar-refractivity contribution is 5.79. The molecule has 0 bridgehead atoms. The van der Waals surface area contributed by atoms with Crippen molar-refractivity contribution in [3.05, 3.63) is 24.3 Å². The molecule has 0 saturated carbocycles. The van der Waals surface area contributed by atoms with Gasteiger partial charge in [-0.1, -0.05) is 26.0 Å². The number of hydrogen-bond acceptors (Lipinski definition) is 3. The number of amides is 2. The summed E-state index contributed by atoms with van der Waals surface area (Å²) in [7, 11) is 0. The maximum absolute atomic E-state index is 12.2.